The molecule has 0 aromatic heterocycles. The van der Waals surface area contributed by atoms with E-state index in [1.54, 1.807) is 0 Å². The maximum Gasteiger partial charge on any atom is 0.242 e. The van der Waals surface area contributed by atoms with Crippen molar-refractivity contribution < 1.29 is 9.59 Å². The predicted molar refractivity (Wildman–Crippen MR) is 90.3 cm³/mol. The number of nitrogens with one attached hydrogen (secondary N) is 1. The van der Waals surface area contributed by atoms with Gasteiger partial charge in [0.05, 0.1) is 17.8 Å². The molecule has 0 bridgehead atoms. The normalized spacial score (nSPS) is 17.8. The number of nitrogens with zero attached hydrogens (tertiary/aromatic N) is 3. The smallest absolute Gasteiger partial charge is 0.242 e. The first-order valence-corrected chi connectivity index (χ1v) is 8.48. The van der Waals surface area contributed by atoms with E-state index in [-0.39, 0.29) is 24.3 Å². The fourth-order valence-corrected chi connectivity index (χ4v) is 3.02. The number of amides is 2. The maximum atomic E-state index is 12.3. The van der Waals surface area contributed by atoms with Gasteiger partial charge < -0.3 is 15.1 Å². The minimum Gasteiger partial charge on any atom is -0.369 e. The van der Waals surface area contributed by atoms with Crippen LogP contribution in [0.1, 0.15) is 24.8 Å². The molecule has 0 atom stereocenters. The summed E-state index contributed by atoms with van der Waals surface area (Å²) in [7, 11) is 0. The lowest BCUT2D eigenvalue weighted by atomic mass is 10.1. The first-order valence-electron chi connectivity index (χ1n) is 8.48. The van der Waals surface area contributed by atoms with Crippen LogP contribution in [0.5, 0.6) is 0 Å². The number of nitriles is 1. The number of carbonyl (C=O) groups is 2. The van der Waals surface area contributed by atoms with Crippen molar-refractivity contribution in [2.45, 2.75) is 19.3 Å². The Kier molecular flexibility index (Phi) is 4.99. The Hall–Kier alpha value is -2.55. The average Bonchev–Trinajstić information content (AvgIpc) is 3.45. The van der Waals surface area contributed by atoms with Gasteiger partial charge >= 0.3 is 0 Å². The second-order valence-electron chi connectivity index (χ2n) is 6.34. The largest absolute Gasteiger partial charge is 0.369 e. The highest BCUT2D eigenvalue weighted by Crippen LogP contribution is 2.28. The fraction of sp³-hybridized carbons (Fsp3) is 0.500. The van der Waals surface area contributed by atoms with Gasteiger partial charge in [-0.25, -0.2) is 0 Å². The van der Waals surface area contributed by atoms with E-state index in [4.69, 9.17) is 0 Å². The monoisotopic (exact) mass is 326 g/mol. The maximum absolute atomic E-state index is 12.3. The molecule has 6 heteroatoms. The summed E-state index contributed by atoms with van der Waals surface area (Å²) in [5, 5.41) is 12.0. The van der Waals surface area contributed by atoms with Gasteiger partial charge in [-0.2, -0.15) is 5.26 Å². The van der Waals surface area contributed by atoms with Crippen LogP contribution in [-0.4, -0.2) is 49.4 Å². The molecule has 1 heterocycles. The first-order chi connectivity index (χ1) is 11.7. The van der Waals surface area contributed by atoms with Crippen LogP contribution in [0.15, 0.2) is 24.3 Å². The molecule has 1 saturated carbocycles. The van der Waals surface area contributed by atoms with E-state index in [1.807, 2.05) is 29.2 Å². The van der Waals surface area contributed by atoms with Crippen LogP contribution in [-0.2, 0) is 9.59 Å². The van der Waals surface area contributed by atoms with Gasteiger partial charge in [0, 0.05) is 32.1 Å². The zero-order chi connectivity index (χ0) is 16.9. The summed E-state index contributed by atoms with van der Waals surface area (Å²) in [4.78, 5) is 27.9. The molecule has 126 valence electrons. The van der Waals surface area contributed by atoms with Crippen molar-refractivity contribution >= 4 is 17.5 Å². The minimum atomic E-state index is -0.0283. The predicted octanol–water partition coefficient (Wildman–Crippen LogP) is 1.12. The SMILES string of the molecule is N#Cc1ccccc1N1CCCN(C(=O)CNC(=O)C2CC2)CC1. The molecule has 1 aliphatic carbocycles. The first kappa shape index (κ1) is 16.3. The van der Waals surface area contributed by atoms with E-state index in [1.165, 1.54) is 0 Å². The quantitative estimate of drug-likeness (QED) is 0.900. The lowest BCUT2D eigenvalue weighted by Crippen LogP contribution is -2.42. The lowest BCUT2D eigenvalue weighted by molar-refractivity contribution is -0.133. The summed E-state index contributed by atoms with van der Waals surface area (Å²) >= 11 is 0. The third-order valence-electron chi connectivity index (χ3n) is 4.58. The van der Waals surface area contributed by atoms with Crippen molar-refractivity contribution in [1.82, 2.24) is 10.2 Å². The van der Waals surface area contributed by atoms with Gasteiger partial charge in [0.25, 0.3) is 0 Å². The van der Waals surface area contributed by atoms with Crippen LogP contribution in [0.25, 0.3) is 0 Å². The van der Waals surface area contributed by atoms with Gasteiger partial charge in [0.1, 0.15) is 6.07 Å². The van der Waals surface area contributed by atoms with Crippen LogP contribution in [0.4, 0.5) is 5.69 Å². The van der Waals surface area contributed by atoms with E-state index in [2.05, 4.69) is 16.3 Å². The van der Waals surface area contributed by atoms with E-state index < -0.39 is 0 Å². The Labute approximate surface area is 142 Å². The van der Waals surface area contributed by atoms with Crippen LogP contribution in [0.2, 0.25) is 0 Å². The molecule has 0 spiro atoms. The van der Waals surface area contributed by atoms with E-state index >= 15 is 0 Å². The van der Waals surface area contributed by atoms with Crippen molar-refractivity contribution in [2.24, 2.45) is 5.92 Å². The highest BCUT2D eigenvalue weighted by Gasteiger charge is 2.30. The highest BCUT2D eigenvalue weighted by molar-refractivity contribution is 5.87. The minimum absolute atomic E-state index is 0.00254. The summed E-state index contributed by atoms with van der Waals surface area (Å²) < 4.78 is 0. The molecule has 2 amide bonds. The van der Waals surface area contributed by atoms with Gasteiger partial charge in [-0.15, -0.1) is 0 Å². The molecule has 1 aromatic carbocycles. The third kappa shape index (κ3) is 3.85. The Morgan fingerprint density at radius 3 is 2.71 bits per heavy atom. The molecule has 24 heavy (non-hydrogen) atoms. The van der Waals surface area contributed by atoms with Crippen LogP contribution < -0.4 is 10.2 Å². The molecule has 2 aliphatic rings. The number of hydrogen-bond acceptors (Lipinski definition) is 4. The van der Waals surface area contributed by atoms with Crippen LogP contribution >= 0.6 is 0 Å². The molecule has 1 N–H and O–H groups in total. The molecular formula is C18H22N4O2. The Bertz CT molecular complexity index is 663. The molecule has 3 rings (SSSR count). The van der Waals surface area contributed by atoms with Crippen LogP contribution in [0.3, 0.4) is 0 Å². The summed E-state index contributed by atoms with van der Waals surface area (Å²) in [6.45, 7) is 2.89. The number of carbonyl (C=O) groups excluding carboxylic acids is 2. The van der Waals surface area contributed by atoms with E-state index in [9.17, 15) is 14.9 Å². The fourth-order valence-electron chi connectivity index (χ4n) is 3.02. The van der Waals surface area contributed by atoms with Gasteiger partial charge in [0.15, 0.2) is 0 Å². The number of benzene rings is 1. The molecule has 1 aromatic rings. The number of hydrogen-bond donors (Lipinski definition) is 1. The molecule has 0 radical (unpaired) electrons. The molecule has 1 aliphatic heterocycles. The summed E-state index contributed by atoms with van der Waals surface area (Å²) in [5.74, 6) is 0.0991. The van der Waals surface area contributed by atoms with E-state index in [0.717, 1.165) is 31.5 Å². The molecular weight excluding hydrogens is 304 g/mol. The Morgan fingerprint density at radius 1 is 1.17 bits per heavy atom. The molecule has 6 nitrogen and oxygen atoms in total. The average molecular weight is 326 g/mol. The summed E-state index contributed by atoms with van der Waals surface area (Å²) in [6.07, 6.45) is 2.73. The second kappa shape index (κ2) is 7.35. The topological polar surface area (TPSA) is 76.4 Å². The number of rotatable bonds is 4. The zero-order valence-electron chi connectivity index (χ0n) is 13.7. The van der Waals surface area contributed by atoms with Crippen molar-refractivity contribution in [3.63, 3.8) is 0 Å². The Morgan fingerprint density at radius 2 is 1.96 bits per heavy atom. The molecule has 0 unspecified atom stereocenters. The van der Waals surface area contributed by atoms with E-state index in [0.29, 0.717) is 25.2 Å². The zero-order valence-corrected chi connectivity index (χ0v) is 13.7. The van der Waals surface area contributed by atoms with Crippen molar-refractivity contribution in [3.05, 3.63) is 29.8 Å². The summed E-state index contributed by atoms with van der Waals surface area (Å²) in [5.41, 5.74) is 1.59. The van der Waals surface area contributed by atoms with Gasteiger partial charge in [-0.3, -0.25) is 9.59 Å². The second-order valence-corrected chi connectivity index (χ2v) is 6.34. The molecule has 2 fully saturated rings. The highest BCUT2D eigenvalue weighted by atomic mass is 16.2. The van der Waals surface area contributed by atoms with Crippen molar-refractivity contribution in [2.75, 3.05) is 37.6 Å². The lowest BCUT2D eigenvalue weighted by Gasteiger charge is -2.24. The van der Waals surface area contributed by atoms with Crippen LogP contribution in [0, 0.1) is 17.2 Å². The van der Waals surface area contributed by atoms with Gasteiger partial charge in [-0.1, -0.05) is 12.1 Å². The van der Waals surface area contributed by atoms with Crippen molar-refractivity contribution in [1.29, 1.82) is 5.26 Å². The standard InChI is InChI=1S/C18H22N4O2/c19-12-15-4-1-2-5-16(15)21-8-3-9-22(11-10-21)17(23)13-20-18(24)14-6-7-14/h1-2,4-5,14H,3,6-11,13H2,(H,20,24). The number of para-hydroxylation sites is 1. The Balaban J connectivity index is 1.55. The molecule has 1 saturated heterocycles. The third-order valence-corrected chi connectivity index (χ3v) is 4.58. The number of anilines is 1. The van der Waals surface area contributed by atoms with Gasteiger partial charge in [-0.05, 0) is 31.4 Å². The van der Waals surface area contributed by atoms with Crippen molar-refractivity contribution in [3.8, 4) is 6.07 Å². The van der Waals surface area contributed by atoms with Gasteiger partial charge in [0.2, 0.25) is 11.8 Å². The summed E-state index contributed by atoms with van der Waals surface area (Å²) in [6, 6.07) is 9.78.